The van der Waals surface area contributed by atoms with Crippen LogP contribution in [0.4, 0.5) is 0 Å². The maximum Gasteiger partial charge on any atom is 0.0491 e. The molecule has 0 N–H and O–H groups in total. The van der Waals surface area contributed by atoms with Crippen molar-refractivity contribution in [2.24, 2.45) is 0 Å². The molecule has 0 unspecified atom stereocenters. The Hall–Kier alpha value is -1.76. The van der Waals surface area contributed by atoms with Crippen LogP contribution in [-0.2, 0) is 0 Å². The Bertz CT molecular complexity index is 442. The molecule has 0 spiro atoms. The summed E-state index contributed by atoms with van der Waals surface area (Å²) in [6.45, 7) is 0. The lowest BCUT2D eigenvalue weighted by atomic mass is 9.99. The van der Waals surface area contributed by atoms with E-state index >= 15 is 0 Å². The summed E-state index contributed by atoms with van der Waals surface area (Å²) in [5.41, 5.74) is 3.86. The van der Waals surface area contributed by atoms with Crippen LogP contribution in [0.15, 0.2) is 71.8 Å². The Labute approximate surface area is 83.7 Å². The molecule has 0 bridgehead atoms. The van der Waals surface area contributed by atoms with Crippen LogP contribution in [0, 0.1) is 0 Å². The molecule has 0 atom stereocenters. The summed E-state index contributed by atoms with van der Waals surface area (Å²) in [5.74, 6) is 0. The summed E-state index contributed by atoms with van der Waals surface area (Å²) >= 11 is 0. The Balaban J connectivity index is 2.12. The predicted octanol–water partition coefficient (Wildman–Crippen LogP) is 3.04. The van der Waals surface area contributed by atoms with E-state index in [0.717, 1.165) is 6.42 Å². The van der Waals surface area contributed by atoms with E-state index in [1.165, 1.54) is 17.0 Å². The molecule has 0 saturated carbocycles. The predicted molar refractivity (Wildman–Crippen MR) is 58.1 cm³/mol. The third-order valence-corrected chi connectivity index (χ3v) is 2.63. The summed E-state index contributed by atoms with van der Waals surface area (Å²) < 4.78 is 0. The topological polar surface area (TPSA) is 3.24 Å². The summed E-state index contributed by atoms with van der Waals surface area (Å²) in [4.78, 5) is 2.23. The van der Waals surface area contributed by atoms with E-state index < -0.39 is 0 Å². The molecule has 0 radical (unpaired) electrons. The lowest BCUT2D eigenvalue weighted by Gasteiger charge is -2.31. The second kappa shape index (κ2) is 2.88. The minimum Gasteiger partial charge on any atom is -0.317 e. The van der Waals surface area contributed by atoms with E-state index in [4.69, 9.17) is 0 Å². The molecular formula is C13H11N. The van der Waals surface area contributed by atoms with Crippen molar-refractivity contribution in [3.8, 4) is 0 Å². The quantitative estimate of drug-likeness (QED) is 0.555. The van der Waals surface area contributed by atoms with Gasteiger partial charge in [0.15, 0.2) is 0 Å². The summed E-state index contributed by atoms with van der Waals surface area (Å²) in [5, 5.41) is 0. The van der Waals surface area contributed by atoms with E-state index in [0.29, 0.717) is 0 Å². The molecule has 0 saturated heterocycles. The van der Waals surface area contributed by atoms with Crippen molar-refractivity contribution >= 4 is 0 Å². The first kappa shape index (κ1) is 7.63. The van der Waals surface area contributed by atoms with Crippen molar-refractivity contribution in [3.63, 3.8) is 0 Å². The summed E-state index contributed by atoms with van der Waals surface area (Å²) in [6, 6.07) is 0. The molecule has 0 aromatic rings. The van der Waals surface area contributed by atoms with Crippen molar-refractivity contribution < 1.29 is 0 Å². The first-order valence-corrected chi connectivity index (χ1v) is 4.88. The molecule has 0 amide bonds. The smallest absolute Gasteiger partial charge is 0.0491 e. The molecule has 1 nitrogen and oxygen atoms in total. The highest BCUT2D eigenvalue weighted by Crippen LogP contribution is 2.31. The maximum absolute atomic E-state index is 2.27. The zero-order valence-electron chi connectivity index (χ0n) is 7.85. The zero-order valence-corrected chi connectivity index (χ0v) is 7.85. The average molecular weight is 181 g/mol. The number of hydrogen-bond acceptors (Lipinski definition) is 1. The van der Waals surface area contributed by atoms with Gasteiger partial charge < -0.3 is 4.90 Å². The lowest BCUT2D eigenvalue weighted by Crippen LogP contribution is -2.20. The number of hydrogen-bond donors (Lipinski definition) is 0. The SMILES string of the molecule is C1=CC2=CC=C3C=CCC=C3N2C=C1. The molecule has 3 rings (SSSR count). The zero-order chi connectivity index (χ0) is 9.38. The lowest BCUT2D eigenvalue weighted by molar-refractivity contribution is 0.590. The Kier molecular flexibility index (Phi) is 1.57. The highest BCUT2D eigenvalue weighted by atomic mass is 15.1. The van der Waals surface area contributed by atoms with Gasteiger partial charge in [-0.25, -0.2) is 0 Å². The molecule has 1 heteroatoms. The third kappa shape index (κ3) is 1.02. The highest BCUT2D eigenvalue weighted by molar-refractivity contribution is 5.53. The number of allylic oxidation sites excluding steroid dienone is 8. The van der Waals surface area contributed by atoms with Gasteiger partial charge >= 0.3 is 0 Å². The number of nitrogens with zero attached hydrogens (tertiary/aromatic N) is 1. The van der Waals surface area contributed by atoms with Crippen LogP contribution in [0.1, 0.15) is 6.42 Å². The van der Waals surface area contributed by atoms with Crippen molar-refractivity contribution in [1.29, 1.82) is 0 Å². The van der Waals surface area contributed by atoms with Crippen LogP contribution in [0.3, 0.4) is 0 Å². The van der Waals surface area contributed by atoms with Crippen LogP contribution in [0.5, 0.6) is 0 Å². The Morgan fingerprint density at radius 3 is 3.07 bits per heavy atom. The van der Waals surface area contributed by atoms with Gasteiger partial charge in [0.2, 0.25) is 0 Å². The van der Waals surface area contributed by atoms with Gasteiger partial charge in [-0.2, -0.15) is 0 Å². The van der Waals surface area contributed by atoms with Crippen LogP contribution in [0.25, 0.3) is 0 Å². The Morgan fingerprint density at radius 2 is 2.07 bits per heavy atom. The number of rotatable bonds is 0. The number of fused-ring (bicyclic) bond motifs is 3. The summed E-state index contributed by atoms with van der Waals surface area (Å²) in [7, 11) is 0. The minimum absolute atomic E-state index is 1.04. The van der Waals surface area contributed by atoms with Gasteiger partial charge in [-0.05, 0) is 30.2 Å². The van der Waals surface area contributed by atoms with E-state index in [2.05, 4.69) is 59.7 Å². The molecule has 68 valence electrons. The third-order valence-electron chi connectivity index (χ3n) is 2.63. The second-order valence-corrected chi connectivity index (χ2v) is 3.51. The first-order chi connectivity index (χ1) is 6.95. The Morgan fingerprint density at radius 1 is 1.07 bits per heavy atom. The van der Waals surface area contributed by atoms with E-state index in [9.17, 15) is 0 Å². The molecule has 0 aromatic carbocycles. The summed E-state index contributed by atoms with van der Waals surface area (Å²) in [6.07, 6.45) is 20.4. The van der Waals surface area contributed by atoms with Gasteiger partial charge in [0.25, 0.3) is 0 Å². The normalized spacial score (nSPS) is 22.3. The fourth-order valence-corrected chi connectivity index (χ4v) is 1.94. The minimum atomic E-state index is 1.04. The first-order valence-electron chi connectivity index (χ1n) is 4.88. The van der Waals surface area contributed by atoms with E-state index in [-0.39, 0.29) is 0 Å². The molecule has 0 aromatic heterocycles. The van der Waals surface area contributed by atoms with Gasteiger partial charge in [0, 0.05) is 17.6 Å². The average Bonchev–Trinajstić information content (AvgIpc) is 2.29. The van der Waals surface area contributed by atoms with Crippen LogP contribution >= 0.6 is 0 Å². The monoisotopic (exact) mass is 181 g/mol. The van der Waals surface area contributed by atoms with Crippen LogP contribution in [0.2, 0.25) is 0 Å². The highest BCUT2D eigenvalue weighted by Gasteiger charge is 2.18. The van der Waals surface area contributed by atoms with Crippen LogP contribution < -0.4 is 0 Å². The maximum atomic E-state index is 2.27. The van der Waals surface area contributed by atoms with Crippen molar-refractivity contribution in [2.45, 2.75) is 6.42 Å². The fraction of sp³-hybridized carbons (Fsp3) is 0.0769. The van der Waals surface area contributed by atoms with Crippen molar-refractivity contribution in [2.75, 3.05) is 0 Å². The van der Waals surface area contributed by atoms with Gasteiger partial charge in [0.1, 0.15) is 0 Å². The van der Waals surface area contributed by atoms with Crippen LogP contribution in [-0.4, -0.2) is 4.90 Å². The molecule has 0 fully saturated rings. The standard InChI is InChI=1S/C13H11N/c1-2-7-13-11(5-1)8-9-12-6-3-4-10-14(12)13/h1,3-10H,2H2. The largest absolute Gasteiger partial charge is 0.317 e. The second-order valence-electron chi connectivity index (χ2n) is 3.51. The molecule has 3 aliphatic rings. The molecule has 2 aliphatic heterocycles. The van der Waals surface area contributed by atoms with Gasteiger partial charge in [0.05, 0.1) is 0 Å². The van der Waals surface area contributed by atoms with Crippen molar-refractivity contribution in [1.82, 2.24) is 4.90 Å². The molecule has 1 aliphatic carbocycles. The van der Waals surface area contributed by atoms with E-state index in [1.54, 1.807) is 0 Å². The van der Waals surface area contributed by atoms with Crippen molar-refractivity contribution in [3.05, 3.63) is 71.8 Å². The fourth-order valence-electron chi connectivity index (χ4n) is 1.94. The van der Waals surface area contributed by atoms with Gasteiger partial charge in [-0.3, -0.25) is 0 Å². The molecule has 14 heavy (non-hydrogen) atoms. The molecule has 2 heterocycles. The van der Waals surface area contributed by atoms with Gasteiger partial charge in [-0.15, -0.1) is 0 Å². The van der Waals surface area contributed by atoms with E-state index in [1.807, 2.05) is 0 Å². The molecular weight excluding hydrogens is 170 g/mol. The van der Waals surface area contributed by atoms with Gasteiger partial charge in [-0.1, -0.05) is 30.4 Å².